The van der Waals surface area contributed by atoms with Gasteiger partial charge in [0.1, 0.15) is 11.8 Å². The van der Waals surface area contributed by atoms with Gasteiger partial charge < -0.3 is 15.0 Å². The summed E-state index contributed by atoms with van der Waals surface area (Å²) >= 11 is 6.20. The van der Waals surface area contributed by atoms with E-state index in [1.165, 1.54) is 0 Å². The molecule has 29 heavy (non-hydrogen) atoms. The number of nitrogens with one attached hydrogen (secondary N) is 1. The molecule has 2 aromatic rings. The lowest BCUT2D eigenvalue weighted by molar-refractivity contribution is -0.142. The lowest BCUT2D eigenvalue weighted by Crippen LogP contribution is -2.49. The zero-order chi connectivity index (χ0) is 21.6. The monoisotopic (exact) mass is 416 g/mol. The van der Waals surface area contributed by atoms with Crippen molar-refractivity contribution < 1.29 is 14.3 Å². The van der Waals surface area contributed by atoms with Gasteiger partial charge >= 0.3 is 0 Å². The van der Waals surface area contributed by atoms with Crippen LogP contribution in [0.5, 0.6) is 5.75 Å². The fourth-order valence-corrected chi connectivity index (χ4v) is 3.20. The molecule has 0 bridgehead atoms. The van der Waals surface area contributed by atoms with E-state index in [9.17, 15) is 9.59 Å². The fraction of sp³-hybridized carbons (Fsp3) is 0.391. The lowest BCUT2D eigenvalue weighted by atomic mass is 10.1. The third-order valence-electron chi connectivity index (χ3n) is 4.89. The van der Waals surface area contributed by atoms with Crippen molar-refractivity contribution in [3.63, 3.8) is 0 Å². The number of ether oxygens (including phenoxy) is 1. The molecule has 1 unspecified atom stereocenters. The van der Waals surface area contributed by atoms with Crippen LogP contribution in [0.15, 0.2) is 36.4 Å². The van der Waals surface area contributed by atoms with Crippen molar-refractivity contribution in [3.05, 3.63) is 63.7 Å². The van der Waals surface area contributed by atoms with Gasteiger partial charge in [-0.3, -0.25) is 9.59 Å². The number of amides is 2. The van der Waals surface area contributed by atoms with Crippen molar-refractivity contribution in [3.8, 4) is 5.75 Å². The van der Waals surface area contributed by atoms with Crippen molar-refractivity contribution in [2.75, 3.05) is 13.2 Å². The van der Waals surface area contributed by atoms with E-state index in [2.05, 4.69) is 5.32 Å². The smallest absolute Gasteiger partial charge is 0.261 e. The van der Waals surface area contributed by atoms with E-state index in [-0.39, 0.29) is 18.4 Å². The maximum Gasteiger partial charge on any atom is 0.261 e. The van der Waals surface area contributed by atoms with Gasteiger partial charge in [-0.05, 0) is 69.0 Å². The first-order chi connectivity index (χ1) is 13.7. The van der Waals surface area contributed by atoms with E-state index in [1.54, 1.807) is 11.8 Å². The van der Waals surface area contributed by atoms with Crippen molar-refractivity contribution in [1.82, 2.24) is 10.2 Å². The van der Waals surface area contributed by atoms with Crippen LogP contribution in [0.2, 0.25) is 5.02 Å². The molecular weight excluding hydrogens is 388 g/mol. The van der Waals surface area contributed by atoms with Crippen LogP contribution in [0.1, 0.15) is 36.1 Å². The van der Waals surface area contributed by atoms with Crippen molar-refractivity contribution >= 4 is 23.4 Å². The molecule has 2 aromatic carbocycles. The number of carbonyl (C=O) groups excluding carboxylic acids is 2. The highest BCUT2D eigenvalue weighted by molar-refractivity contribution is 6.32. The van der Waals surface area contributed by atoms with Crippen LogP contribution in [0, 0.1) is 20.8 Å². The Kier molecular flexibility index (Phi) is 8.09. The molecular formula is C23H29ClN2O3. The molecule has 2 amide bonds. The van der Waals surface area contributed by atoms with Crippen molar-refractivity contribution in [1.29, 1.82) is 0 Å². The van der Waals surface area contributed by atoms with Crippen LogP contribution in [-0.2, 0) is 16.1 Å². The van der Waals surface area contributed by atoms with E-state index in [0.29, 0.717) is 23.9 Å². The maximum absolute atomic E-state index is 13.0. The molecule has 0 fully saturated rings. The molecule has 0 radical (unpaired) electrons. The fourth-order valence-electron chi connectivity index (χ4n) is 3.09. The largest absolute Gasteiger partial charge is 0.484 e. The first-order valence-electron chi connectivity index (χ1n) is 9.75. The summed E-state index contributed by atoms with van der Waals surface area (Å²) in [7, 11) is 0. The topological polar surface area (TPSA) is 58.6 Å². The van der Waals surface area contributed by atoms with E-state index < -0.39 is 6.04 Å². The zero-order valence-electron chi connectivity index (χ0n) is 17.7. The highest BCUT2D eigenvalue weighted by atomic mass is 35.5. The number of likely N-dealkylation sites (N-methyl/N-ethyl adjacent to an activating group) is 1. The first kappa shape index (κ1) is 22.8. The Balaban J connectivity index is 2.19. The SMILES string of the molecule is CCNC(=O)C(C)N(Cc1ccccc1C)C(=O)COc1cc(C)c(Cl)c(C)c1. The summed E-state index contributed by atoms with van der Waals surface area (Å²) in [6, 6.07) is 10.8. The normalized spacial score (nSPS) is 11.7. The summed E-state index contributed by atoms with van der Waals surface area (Å²) < 4.78 is 5.74. The van der Waals surface area contributed by atoms with Crippen LogP contribution in [0.4, 0.5) is 0 Å². The predicted octanol–water partition coefficient (Wildman–Crippen LogP) is 4.20. The van der Waals surface area contributed by atoms with Crippen molar-refractivity contribution in [2.24, 2.45) is 0 Å². The van der Waals surface area contributed by atoms with Gasteiger partial charge in [0.2, 0.25) is 5.91 Å². The molecule has 5 nitrogen and oxygen atoms in total. The first-order valence-corrected chi connectivity index (χ1v) is 10.1. The van der Waals surface area contributed by atoms with Crippen molar-refractivity contribution in [2.45, 2.75) is 47.2 Å². The second-order valence-electron chi connectivity index (χ2n) is 7.18. The zero-order valence-corrected chi connectivity index (χ0v) is 18.5. The Morgan fingerprint density at radius 2 is 1.72 bits per heavy atom. The van der Waals surface area contributed by atoms with E-state index >= 15 is 0 Å². The molecule has 0 aromatic heterocycles. The number of carbonyl (C=O) groups is 2. The van der Waals surface area contributed by atoms with Gasteiger partial charge in [-0.2, -0.15) is 0 Å². The number of rotatable bonds is 8. The lowest BCUT2D eigenvalue weighted by Gasteiger charge is -2.29. The maximum atomic E-state index is 13.0. The summed E-state index contributed by atoms with van der Waals surface area (Å²) in [6.45, 7) is 10.1. The number of benzene rings is 2. The molecule has 1 N–H and O–H groups in total. The Labute approximate surface area is 178 Å². The summed E-state index contributed by atoms with van der Waals surface area (Å²) in [6.07, 6.45) is 0. The number of hydrogen-bond donors (Lipinski definition) is 1. The van der Waals surface area contributed by atoms with E-state index in [4.69, 9.17) is 16.3 Å². The summed E-state index contributed by atoms with van der Waals surface area (Å²) in [5.74, 6) is 0.143. The number of halogens is 1. The summed E-state index contributed by atoms with van der Waals surface area (Å²) in [4.78, 5) is 27.0. The van der Waals surface area contributed by atoms with Gasteiger partial charge in [0.15, 0.2) is 6.61 Å². The number of aryl methyl sites for hydroxylation is 3. The number of hydrogen-bond acceptors (Lipinski definition) is 3. The van der Waals surface area contributed by atoms with Gasteiger partial charge in [-0.15, -0.1) is 0 Å². The molecule has 0 aliphatic carbocycles. The number of nitrogens with zero attached hydrogens (tertiary/aromatic N) is 1. The highest BCUT2D eigenvalue weighted by Gasteiger charge is 2.26. The van der Waals surface area contributed by atoms with Gasteiger partial charge in [0.05, 0.1) is 0 Å². The minimum atomic E-state index is -0.612. The summed E-state index contributed by atoms with van der Waals surface area (Å²) in [5.41, 5.74) is 3.84. The van der Waals surface area contributed by atoms with Crippen LogP contribution in [-0.4, -0.2) is 35.9 Å². The molecule has 2 rings (SSSR count). The van der Waals surface area contributed by atoms with Crippen LogP contribution in [0.3, 0.4) is 0 Å². The third-order valence-corrected chi connectivity index (χ3v) is 5.49. The molecule has 0 aliphatic rings. The van der Waals surface area contributed by atoms with Gasteiger partial charge in [0.25, 0.3) is 5.91 Å². The minimum absolute atomic E-state index is 0.157. The molecule has 0 saturated heterocycles. The molecule has 6 heteroatoms. The Morgan fingerprint density at radius 1 is 1.10 bits per heavy atom. The van der Waals surface area contributed by atoms with Crippen LogP contribution >= 0.6 is 11.6 Å². The van der Waals surface area contributed by atoms with Gasteiger partial charge in [0, 0.05) is 18.1 Å². The van der Waals surface area contributed by atoms with Crippen LogP contribution < -0.4 is 10.1 Å². The van der Waals surface area contributed by atoms with E-state index in [0.717, 1.165) is 22.3 Å². The minimum Gasteiger partial charge on any atom is -0.484 e. The average molecular weight is 417 g/mol. The highest BCUT2D eigenvalue weighted by Crippen LogP contribution is 2.26. The van der Waals surface area contributed by atoms with E-state index in [1.807, 2.05) is 64.1 Å². The quantitative estimate of drug-likeness (QED) is 0.701. The predicted molar refractivity (Wildman–Crippen MR) is 116 cm³/mol. The molecule has 1 atom stereocenters. The molecule has 0 saturated carbocycles. The third kappa shape index (κ3) is 5.97. The molecule has 0 heterocycles. The average Bonchev–Trinajstić information content (AvgIpc) is 2.69. The Bertz CT molecular complexity index is 859. The molecule has 0 aliphatic heterocycles. The molecule has 156 valence electrons. The second kappa shape index (κ2) is 10.3. The Hall–Kier alpha value is -2.53. The van der Waals surface area contributed by atoms with Gasteiger partial charge in [-0.1, -0.05) is 35.9 Å². The summed E-state index contributed by atoms with van der Waals surface area (Å²) in [5, 5.41) is 3.48. The van der Waals surface area contributed by atoms with Gasteiger partial charge in [-0.25, -0.2) is 0 Å². The molecule has 0 spiro atoms. The standard InChI is InChI=1S/C23H29ClN2O3/c1-6-25-23(28)18(5)26(13-19-10-8-7-9-15(19)2)21(27)14-29-20-11-16(3)22(24)17(4)12-20/h7-12,18H,6,13-14H2,1-5H3,(H,25,28). The Morgan fingerprint density at radius 3 is 2.31 bits per heavy atom. The second-order valence-corrected chi connectivity index (χ2v) is 7.56. The van der Waals surface area contributed by atoms with Crippen LogP contribution in [0.25, 0.3) is 0 Å².